The number of benzene rings is 2. The highest BCUT2D eigenvalue weighted by Crippen LogP contribution is 2.40. The molecular formula is C24H27ClN2O6. The average Bonchev–Trinajstić information content (AvgIpc) is 2.79. The number of methoxy groups -OCH3 is 1. The van der Waals surface area contributed by atoms with Crippen LogP contribution in [0.25, 0.3) is 0 Å². The van der Waals surface area contributed by atoms with Gasteiger partial charge in [0.2, 0.25) is 5.91 Å². The molecule has 0 spiro atoms. The first-order valence-corrected chi connectivity index (χ1v) is 11.0. The number of carbonyl (C=O) groups is 3. The van der Waals surface area contributed by atoms with Gasteiger partial charge < -0.3 is 19.9 Å². The van der Waals surface area contributed by atoms with Crippen molar-refractivity contribution >= 4 is 29.4 Å². The number of nitrogens with zero attached hydrogens (tertiary/aromatic N) is 1. The number of amides is 1. The molecule has 0 aromatic heterocycles. The number of carbonyl (C=O) groups excluding carboxylic acids is 2. The molecule has 1 fully saturated rings. The highest BCUT2D eigenvalue weighted by molar-refractivity contribution is 6.30. The molecule has 1 heterocycles. The van der Waals surface area contributed by atoms with Crippen LogP contribution in [0.5, 0.6) is 11.5 Å². The van der Waals surface area contributed by atoms with Crippen LogP contribution in [0.4, 0.5) is 0 Å². The molecule has 2 N–H and O–H groups in total. The largest absolute Gasteiger partial charge is 0.493 e. The normalized spacial score (nSPS) is 19.9. The van der Waals surface area contributed by atoms with Gasteiger partial charge in [0, 0.05) is 31.1 Å². The number of carboxylic acids is 1. The lowest BCUT2D eigenvalue weighted by Gasteiger charge is -2.54. The minimum atomic E-state index is -1.16. The van der Waals surface area contributed by atoms with Crippen molar-refractivity contribution in [3.63, 3.8) is 0 Å². The van der Waals surface area contributed by atoms with Gasteiger partial charge in [-0.1, -0.05) is 35.9 Å². The Hall–Kier alpha value is -3.10. The molecule has 33 heavy (non-hydrogen) atoms. The summed E-state index contributed by atoms with van der Waals surface area (Å²) < 4.78 is 10.8. The highest BCUT2D eigenvalue weighted by Gasteiger charge is 2.59. The minimum absolute atomic E-state index is 0.0508. The van der Waals surface area contributed by atoms with E-state index in [9.17, 15) is 14.4 Å². The van der Waals surface area contributed by atoms with Crippen LogP contribution in [0.1, 0.15) is 25.3 Å². The standard InChI is InChI=1S/C24H27ClN2O6/c1-24(23(31)26-13-5-8-21(28)29)18(15-27(24)14-16-9-11-17(25)12-10-16)22(30)33-20-7-4-3-6-19(20)32-2/h3-4,6-7,9-12,18H,5,8,13-15H2,1-2H3,(H,26,31)(H,28,29). The van der Waals surface area contributed by atoms with Gasteiger partial charge in [0.25, 0.3) is 0 Å². The summed E-state index contributed by atoms with van der Waals surface area (Å²) in [6, 6.07) is 14.1. The fourth-order valence-corrected chi connectivity index (χ4v) is 3.97. The van der Waals surface area contributed by atoms with E-state index in [1.165, 1.54) is 7.11 Å². The first-order chi connectivity index (χ1) is 15.8. The molecule has 1 amide bonds. The number of aliphatic carboxylic acids is 1. The van der Waals surface area contributed by atoms with Crippen molar-refractivity contribution in [3.8, 4) is 11.5 Å². The Balaban J connectivity index is 1.76. The second-order valence-electron chi connectivity index (χ2n) is 8.03. The number of nitrogens with one attached hydrogen (secondary N) is 1. The molecule has 1 saturated heterocycles. The van der Waals surface area contributed by atoms with Gasteiger partial charge in [0.15, 0.2) is 11.5 Å². The zero-order chi connectivity index (χ0) is 24.0. The van der Waals surface area contributed by atoms with Crippen molar-refractivity contribution in [2.45, 2.75) is 31.8 Å². The Bertz CT molecular complexity index is 1010. The van der Waals surface area contributed by atoms with Crippen LogP contribution in [-0.4, -0.2) is 53.6 Å². The van der Waals surface area contributed by atoms with Gasteiger partial charge in [-0.05, 0) is 43.2 Å². The van der Waals surface area contributed by atoms with Gasteiger partial charge in [-0.15, -0.1) is 0 Å². The lowest BCUT2D eigenvalue weighted by molar-refractivity contribution is -0.171. The molecule has 0 saturated carbocycles. The molecule has 3 rings (SSSR count). The van der Waals surface area contributed by atoms with Crippen LogP contribution < -0.4 is 14.8 Å². The summed E-state index contributed by atoms with van der Waals surface area (Å²) in [7, 11) is 1.48. The number of rotatable bonds is 10. The van der Waals surface area contributed by atoms with E-state index in [2.05, 4.69) is 5.32 Å². The third-order valence-corrected chi connectivity index (χ3v) is 6.15. The Morgan fingerprint density at radius 3 is 2.45 bits per heavy atom. The number of halogens is 1. The van der Waals surface area contributed by atoms with Gasteiger partial charge in [0.1, 0.15) is 5.54 Å². The number of carboxylic acid groups (broad SMARTS) is 1. The van der Waals surface area contributed by atoms with E-state index in [1.807, 2.05) is 17.0 Å². The van der Waals surface area contributed by atoms with Crippen molar-refractivity contribution in [2.24, 2.45) is 5.92 Å². The van der Waals surface area contributed by atoms with Crippen LogP contribution in [0, 0.1) is 5.92 Å². The lowest BCUT2D eigenvalue weighted by Crippen LogP contribution is -2.73. The van der Waals surface area contributed by atoms with Crippen molar-refractivity contribution in [3.05, 3.63) is 59.1 Å². The number of esters is 1. The maximum Gasteiger partial charge on any atom is 0.318 e. The Labute approximate surface area is 197 Å². The van der Waals surface area contributed by atoms with Gasteiger partial charge in [-0.25, -0.2) is 0 Å². The number of hydrogen-bond acceptors (Lipinski definition) is 6. The van der Waals surface area contributed by atoms with Crippen LogP contribution in [0.3, 0.4) is 0 Å². The summed E-state index contributed by atoms with van der Waals surface area (Å²) in [6.45, 7) is 2.67. The molecule has 2 unspecified atom stereocenters. The molecule has 1 aliphatic heterocycles. The smallest absolute Gasteiger partial charge is 0.318 e. The number of ether oxygens (including phenoxy) is 2. The molecule has 9 heteroatoms. The Morgan fingerprint density at radius 2 is 1.82 bits per heavy atom. The maximum atomic E-state index is 13.2. The van der Waals surface area contributed by atoms with Crippen LogP contribution in [0.15, 0.2) is 48.5 Å². The second kappa shape index (κ2) is 10.7. The molecule has 2 aromatic rings. The van der Waals surface area contributed by atoms with E-state index >= 15 is 0 Å². The topological polar surface area (TPSA) is 105 Å². The van der Waals surface area contributed by atoms with Crippen LogP contribution >= 0.6 is 11.6 Å². The second-order valence-corrected chi connectivity index (χ2v) is 8.47. The predicted octanol–water partition coefficient (Wildman–Crippen LogP) is 3.13. The number of likely N-dealkylation sites (tertiary alicyclic amines) is 1. The lowest BCUT2D eigenvalue weighted by atomic mass is 9.74. The molecule has 0 bridgehead atoms. The SMILES string of the molecule is COc1ccccc1OC(=O)C1CN(Cc2ccc(Cl)cc2)C1(C)C(=O)NCCCC(=O)O. The molecule has 1 aliphatic rings. The van der Waals surface area contributed by atoms with Crippen molar-refractivity contribution in [1.29, 1.82) is 0 Å². The van der Waals surface area contributed by atoms with Gasteiger partial charge >= 0.3 is 11.9 Å². The molecule has 2 aromatic carbocycles. The number of hydrogen-bond donors (Lipinski definition) is 2. The van der Waals surface area contributed by atoms with Crippen LogP contribution in [-0.2, 0) is 20.9 Å². The highest BCUT2D eigenvalue weighted by atomic mass is 35.5. The summed E-state index contributed by atoms with van der Waals surface area (Å²) in [5.41, 5.74) is -0.219. The summed E-state index contributed by atoms with van der Waals surface area (Å²) in [5, 5.41) is 12.2. The van der Waals surface area contributed by atoms with E-state index in [1.54, 1.807) is 43.3 Å². The van der Waals surface area contributed by atoms with Gasteiger partial charge in [-0.2, -0.15) is 0 Å². The van der Waals surface area contributed by atoms with Gasteiger partial charge in [-0.3, -0.25) is 19.3 Å². The molecular weight excluding hydrogens is 448 g/mol. The summed E-state index contributed by atoms with van der Waals surface area (Å²) in [4.78, 5) is 38.9. The molecule has 0 aliphatic carbocycles. The van der Waals surface area contributed by atoms with E-state index in [0.717, 1.165) is 5.56 Å². The third-order valence-electron chi connectivity index (χ3n) is 5.90. The van der Waals surface area contributed by atoms with Crippen molar-refractivity contribution in [2.75, 3.05) is 20.2 Å². The van der Waals surface area contributed by atoms with E-state index in [-0.39, 0.29) is 24.6 Å². The molecule has 8 nitrogen and oxygen atoms in total. The predicted molar refractivity (Wildman–Crippen MR) is 122 cm³/mol. The minimum Gasteiger partial charge on any atom is -0.493 e. The number of para-hydroxylation sites is 2. The zero-order valence-corrected chi connectivity index (χ0v) is 19.3. The van der Waals surface area contributed by atoms with E-state index in [4.69, 9.17) is 26.2 Å². The first kappa shape index (κ1) is 24.5. The summed E-state index contributed by atoms with van der Waals surface area (Å²) in [6.07, 6.45) is 0.245. The molecule has 0 radical (unpaired) electrons. The zero-order valence-electron chi connectivity index (χ0n) is 18.5. The van der Waals surface area contributed by atoms with Crippen LogP contribution in [0.2, 0.25) is 5.02 Å². The average molecular weight is 475 g/mol. The summed E-state index contributed by atoms with van der Waals surface area (Å²) >= 11 is 5.97. The molecule has 2 atom stereocenters. The summed E-state index contributed by atoms with van der Waals surface area (Å²) in [5.74, 6) is -1.82. The first-order valence-electron chi connectivity index (χ1n) is 10.6. The van der Waals surface area contributed by atoms with Crippen molar-refractivity contribution in [1.82, 2.24) is 10.2 Å². The fourth-order valence-electron chi connectivity index (χ4n) is 3.84. The fraction of sp³-hybridized carbons (Fsp3) is 0.375. The van der Waals surface area contributed by atoms with Crippen molar-refractivity contribution < 1.29 is 29.0 Å². The van der Waals surface area contributed by atoms with E-state index < -0.39 is 23.4 Å². The maximum absolute atomic E-state index is 13.2. The monoisotopic (exact) mass is 474 g/mol. The molecule has 176 valence electrons. The Morgan fingerprint density at radius 1 is 1.15 bits per heavy atom. The van der Waals surface area contributed by atoms with Gasteiger partial charge in [0.05, 0.1) is 13.0 Å². The Kier molecular flexibility index (Phi) is 7.94. The third kappa shape index (κ3) is 5.64. The van der Waals surface area contributed by atoms with E-state index in [0.29, 0.717) is 30.3 Å². The quantitative estimate of drug-likeness (QED) is 0.309.